The molecule has 0 aromatic heterocycles. The van der Waals surface area contributed by atoms with Gasteiger partial charge in [-0.3, -0.25) is 0 Å². The molecule has 1 unspecified atom stereocenters. The maximum Gasteiger partial charge on any atom is 0.133 e. The molecule has 0 saturated heterocycles. The molecule has 2 aromatic rings. The van der Waals surface area contributed by atoms with Crippen LogP contribution in [0.4, 0.5) is 0 Å². The lowest BCUT2D eigenvalue weighted by Gasteiger charge is -2.18. The SMILES string of the molecule is C=CC(C)Oc1c([C@@H](C)O)ccc2ccccc12. The summed E-state index contributed by atoms with van der Waals surface area (Å²) in [6.45, 7) is 7.40. The van der Waals surface area contributed by atoms with Gasteiger partial charge in [-0.15, -0.1) is 0 Å². The highest BCUT2D eigenvalue weighted by Gasteiger charge is 2.14. The molecule has 0 bridgehead atoms. The lowest BCUT2D eigenvalue weighted by atomic mass is 10.0. The Morgan fingerprint density at radius 2 is 1.89 bits per heavy atom. The molecule has 2 heteroatoms. The molecule has 2 nitrogen and oxygen atoms in total. The number of rotatable bonds is 4. The summed E-state index contributed by atoms with van der Waals surface area (Å²) in [5.74, 6) is 0.746. The number of benzene rings is 2. The van der Waals surface area contributed by atoms with E-state index in [1.807, 2.05) is 43.3 Å². The van der Waals surface area contributed by atoms with E-state index in [9.17, 15) is 5.11 Å². The molecule has 18 heavy (non-hydrogen) atoms. The van der Waals surface area contributed by atoms with Gasteiger partial charge in [0, 0.05) is 10.9 Å². The average molecular weight is 242 g/mol. The van der Waals surface area contributed by atoms with Crippen molar-refractivity contribution in [3.8, 4) is 5.75 Å². The molecule has 94 valence electrons. The average Bonchev–Trinajstić information content (AvgIpc) is 2.38. The van der Waals surface area contributed by atoms with E-state index in [1.165, 1.54) is 0 Å². The minimum Gasteiger partial charge on any atom is -0.486 e. The van der Waals surface area contributed by atoms with Crippen molar-refractivity contribution in [2.45, 2.75) is 26.1 Å². The summed E-state index contributed by atoms with van der Waals surface area (Å²) in [7, 11) is 0. The maximum atomic E-state index is 9.84. The minimum atomic E-state index is -0.554. The second-order valence-corrected chi connectivity index (χ2v) is 4.44. The monoisotopic (exact) mass is 242 g/mol. The Hall–Kier alpha value is -1.80. The number of hydrogen-bond acceptors (Lipinski definition) is 2. The Kier molecular flexibility index (Phi) is 3.68. The van der Waals surface area contributed by atoms with E-state index in [0.29, 0.717) is 0 Å². The molecule has 0 fully saturated rings. The van der Waals surface area contributed by atoms with Gasteiger partial charge < -0.3 is 9.84 Å². The van der Waals surface area contributed by atoms with Crippen LogP contribution >= 0.6 is 0 Å². The smallest absolute Gasteiger partial charge is 0.133 e. The molecule has 0 radical (unpaired) electrons. The largest absolute Gasteiger partial charge is 0.486 e. The molecule has 0 amide bonds. The topological polar surface area (TPSA) is 29.5 Å². The van der Waals surface area contributed by atoms with Crippen LogP contribution in [0.3, 0.4) is 0 Å². The van der Waals surface area contributed by atoms with Crippen molar-refractivity contribution < 1.29 is 9.84 Å². The molecule has 0 spiro atoms. The fourth-order valence-corrected chi connectivity index (χ4v) is 1.95. The quantitative estimate of drug-likeness (QED) is 0.825. The zero-order valence-corrected chi connectivity index (χ0v) is 10.8. The van der Waals surface area contributed by atoms with E-state index in [-0.39, 0.29) is 6.10 Å². The van der Waals surface area contributed by atoms with E-state index in [0.717, 1.165) is 22.1 Å². The summed E-state index contributed by atoms with van der Waals surface area (Å²) in [5.41, 5.74) is 0.808. The predicted octanol–water partition coefficient (Wildman–Crippen LogP) is 3.85. The maximum absolute atomic E-state index is 9.84. The van der Waals surface area contributed by atoms with Gasteiger partial charge in [-0.05, 0) is 19.2 Å². The Balaban J connectivity index is 2.62. The van der Waals surface area contributed by atoms with Crippen molar-refractivity contribution in [1.29, 1.82) is 0 Å². The third-order valence-corrected chi connectivity index (χ3v) is 3.00. The molecular weight excluding hydrogens is 224 g/mol. The van der Waals surface area contributed by atoms with Gasteiger partial charge in [-0.1, -0.05) is 49.1 Å². The molecular formula is C16H18O2. The van der Waals surface area contributed by atoms with Gasteiger partial charge >= 0.3 is 0 Å². The van der Waals surface area contributed by atoms with E-state index < -0.39 is 6.10 Å². The summed E-state index contributed by atoms with van der Waals surface area (Å²) in [4.78, 5) is 0. The van der Waals surface area contributed by atoms with Crippen LogP contribution in [0.15, 0.2) is 49.1 Å². The van der Waals surface area contributed by atoms with Crippen LogP contribution in [0.25, 0.3) is 10.8 Å². The van der Waals surface area contributed by atoms with Crippen molar-refractivity contribution in [2.75, 3.05) is 0 Å². The molecule has 2 rings (SSSR count). The Morgan fingerprint density at radius 3 is 2.56 bits per heavy atom. The molecule has 0 aliphatic carbocycles. The first-order valence-corrected chi connectivity index (χ1v) is 6.12. The number of hydrogen-bond donors (Lipinski definition) is 1. The molecule has 0 aliphatic rings. The predicted molar refractivity (Wildman–Crippen MR) is 74.9 cm³/mol. The molecule has 0 saturated carbocycles. The summed E-state index contributed by atoms with van der Waals surface area (Å²) in [6, 6.07) is 11.9. The van der Waals surface area contributed by atoms with Crippen LogP contribution in [-0.2, 0) is 0 Å². The fraction of sp³-hybridized carbons (Fsp3) is 0.250. The highest BCUT2D eigenvalue weighted by atomic mass is 16.5. The normalized spacial score (nSPS) is 14.2. The highest BCUT2D eigenvalue weighted by molar-refractivity contribution is 5.89. The van der Waals surface area contributed by atoms with Crippen molar-refractivity contribution in [3.63, 3.8) is 0 Å². The van der Waals surface area contributed by atoms with Crippen LogP contribution < -0.4 is 4.74 Å². The summed E-state index contributed by atoms with van der Waals surface area (Å²) < 4.78 is 5.89. The summed E-state index contributed by atoms with van der Waals surface area (Å²) in [6.07, 6.45) is 1.10. The van der Waals surface area contributed by atoms with Crippen molar-refractivity contribution in [2.24, 2.45) is 0 Å². The van der Waals surface area contributed by atoms with Crippen LogP contribution in [0.1, 0.15) is 25.5 Å². The van der Waals surface area contributed by atoms with E-state index in [1.54, 1.807) is 13.0 Å². The van der Waals surface area contributed by atoms with Crippen LogP contribution in [0, 0.1) is 0 Å². The van der Waals surface area contributed by atoms with Crippen molar-refractivity contribution in [3.05, 3.63) is 54.6 Å². The Morgan fingerprint density at radius 1 is 1.17 bits per heavy atom. The van der Waals surface area contributed by atoms with E-state index in [4.69, 9.17) is 4.74 Å². The zero-order valence-electron chi connectivity index (χ0n) is 10.8. The molecule has 2 aromatic carbocycles. The van der Waals surface area contributed by atoms with Gasteiger partial charge in [-0.25, -0.2) is 0 Å². The van der Waals surface area contributed by atoms with Gasteiger partial charge in [0.2, 0.25) is 0 Å². The van der Waals surface area contributed by atoms with Crippen LogP contribution in [0.2, 0.25) is 0 Å². The van der Waals surface area contributed by atoms with Gasteiger partial charge in [-0.2, -0.15) is 0 Å². The Labute approximate surface area is 108 Å². The van der Waals surface area contributed by atoms with E-state index in [2.05, 4.69) is 6.58 Å². The summed E-state index contributed by atoms with van der Waals surface area (Å²) in [5, 5.41) is 12.0. The number of fused-ring (bicyclic) bond motifs is 1. The zero-order chi connectivity index (χ0) is 13.1. The van der Waals surface area contributed by atoms with Crippen LogP contribution in [-0.4, -0.2) is 11.2 Å². The molecule has 0 aliphatic heterocycles. The van der Waals surface area contributed by atoms with Gasteiger partial charge in [0.25, 0.3) is 0 Å². The fourth-order valence-electron chi connectivity index (χ4n) is 1.95. The first-order valence-electron chi connectivity index (χ1n) is 6.12. The molecule has 2 atom stereocenters. The number of aliphatic hydroxyl groups is 1. The lowest BCUT2D eigenvalue weighted by Crippen LogP contribution is -2.10. The van der Waals surface area contributed by atoms with Crippen molar-refractivity contribution >= 4 is 10.8 Å². The summed E-state index contributed by atoms with van der Waals surface area (Å²) >= 11 is 0. The first kappa shape index (κ1) is 12.7. The van der Waals surface area contributed by atoms with Gasteiger partial charge in [0.05, 0.1) is 6.10 Å². The standard InChI is InChI=1S/C16H18O2/c1-4-11(2)18-16-14(12(3)17)10-9-13-7-5-6-8-15(13)16/h4-12,17H,1H2,2-3H3/t11?,12-/m1/s1. The van der Waals surface area contributed by atoms with Gasteiger partial charge in [0.15, 0.2) is 0 Å². The lowest BCUT2D eigenvalue weighted by molar-refractivity contribution is 0.188. The third kappa shape index (κ3) is 2.39. The second kappa shape index (κ2) is 5.23. The third-order valence-electron chi connectivity index (χ3n) is 3.00. The van der Waals surface area contributed by atoms with Gasteiger partial charge in [0.1, 0.15) is 11.9 Å². The van der Waals surface area contributed by atoms with E-state index >= 15 is 0 Å². The number of ether oxygens (including phenoxy) is 1. The number of aliphatic hydroxyl groups excluding tert-OH is 1. The molecule has 1 N–H and O–H groups in total. The minimum absolute atomic E-state index is 0.0895. The Bertz CT molecular complexity index is 558. The highest BCUT2D eigenvalue weighted by Crippen LogP contribution is 2.34. The van der Waals surface area contributed by atoms with Crippen molar-refractivity contribution in [1.82, 2.24) is 0 Å². The second-order valence-electron chi connectivity index (χ2n) is 4.44. The molecule has 0 heterocycles. The van der Waals surface area contributed by atoms with Crippen LogP contribution in [0.5, 0.6) is 5.75 Å². The first-order chi connectivity index (χ1) is 8.63.